The van der Waals surface area contributed by atoms with Gasteiger partial charge in [0, 0.05) is 35.0 Å². The number of carbonyl (C=O) groups is 2. The highest BCUT2D eigenvalue weighted by atomic mass is 35.5. The van der Waals surface area contributed by atoms with Crippen LogP contribution in [-0.2, 0) is 31.1 Å². The Bertz CT molecular complexity index is 971. The van der Waals surface area contributed by atoms with E-state index in [1.807, 2.05) is 32.9 Å². The Hall–Kier alpha value is -2.47. The molecule has 0 amide bonds. The maximum absolute atomic E-state index is 13.6. The zero-order valence-corrected chi connectivity index (χ0v) is 20.3. The van der Waals surface area contributed by atoms with Gasteiger partial charge in [-0.3, -0.25) is 9.78 Å². The molecule has 1 unspecified atom stereocenters. The molecule has 32 heavy (non-hydrogen) atoms. The Kier molecular flexibility index (Phi) is 6.66. The summed E-state index contributed by atoms with van der Waals surface area (Å²) < 4.78 is 11.7. The summed E-state index contributed by atoms with van der Waals surface area (Å²) in [6.45, 7) is 10.8. The second kappa shape index (κ2) is 8.81. The van der Waals surface area contributed by atoms with E-state index in [0.29, 0.717) is 11.5 Å². The maximum atomic E-state index is 13.6. The molecule has 0 aliphatic heterocycles. The zero-order chi connectivity index (χ0) is 23.7. The molecule has 0 spiro atoms. The number of nitrogens with zero attached hydrogens (tertiary/aromatic N) is 2. The molecule has 3 rings (SSSR count). The lowest BCUT2D eigenvalue weighted by molar-refractivity contribution is -0.207. The molecule has 1 atom stereocenters. The number of hydrogen-bond donors (Lipinski definition) is 0. The number of esters is 2. The van der Waals surface area contributed by atoms with Crippen LogP contribution in [0.3, 0.4) is 0 Å². The van der Waals surface area contributed by atoms with Gasteiger partial charge in [-0.15, -0.1) is 0 Å². The molecule has 1 aliphatic carbocycles. The van der Waals surface area contributed by atoms with Crippen molar-refractivity contribution < 1.29 is 19.1 Å². The molecule has 172 valence electrons. The molecule has 0 radical (unpaired) electrons. The number of halogens is 1. The number of carbonyl (C=O) groups excluding carboxylic acids is 2. The predicted octanol–water partition coefficient (Wildman–Crippen LogP) is 5.38. The highest BCUT2D eigenvalue weighted by Gasteiger charge is 2.56. The summed E-state index contributed by atoms with van der Waals surface area (Å²) in [7, 11) is 0. The topological polar surface area (TPSA) is 78.4 Å². The molecule has 7 heteroatoms. The van der Waals surface area contributed by atoms with Crippen LogP contribution in [0.1, 0.15) is 77.1 Å². The van der Waals surface area contributed by atoms with Gasteiger partial charge >= 0.3 is 11.9 Å². The van der Waals surface area contributed by atoms with Crippen LogP contribution in [0.4, 0.5) is 0 Å². The minimum absolute atomic E-state index is 0.0143. The van der Waals surface area contributed by atoms with Crippen LogP contribution in [0.2, 0.25) is 5.15 Å². The highest BCUT2D eigenvalue weighted by Crippen LogP contribution is 2.45. The third kappa shape index (κ3) is 5.47. The van der Waals surface area contributed by atoms with Crippen molar-refractivity contribution in [1.29, 1.82) is 0 Å². The van der Waals surface area contributed by atoms with Gasteiger partial charge in [0.05, 0.1) is 6.42 Å². The largest absolute Gasteiger partial charge is 0.457 e. The van der Waals surface area contributed by atoms with E-state index < -0.39 is 28.6 Å². The van der Waals surface area contributed by atoms with E-state index in [1.54, 1.807) is 39.1 Å². The quantitative estimate of drug-likeness (QED) is 0.427. The summed E-state index contributed by atoms with van der Waals surface area (Å²) in [5, 5.41) is 0.272. The first kappa shape index (κ1) is 24.2. The van der Waals surface area contributed by atoms with Gasteiger partial charge in [-0.05, 0) is 57.4 Å². The Balaban J connectivity index is 1.95. The molecule has 0 aromatic carbocycles. The molecule has 1 saturated carbocycles. The number of aromatic nitrogens is 2. The van der Waals surface area contributed by atoms with Crippen LogP contribution >= 0.6 is 11.6 Å². The van der Waals surface area contributed by atoms with Crippen LogP contribution in [0.15, 0.2) is 36.7 Å². The zero-order valence-electron chi connectivity index (χ0n) is 19.6. The van der Waals surface area contributed by atoms with Gasteiger partial charge in [0.2, 0.25) is 5.60 Å². The molecule has 0 bridgehead atoms. The standard InChI is InChI=1S/C25H31ClN2O4/c1-23(2,3)25(22(30)32-24(4,5)6,18-10-12-20(26)28-15-18)31-21(29)13-16-7-11-19(27-14-16)17-8-9-17/h7,10-12,14-15,17H,8-9,13H2,1-6H3. The molecule has 2 aromatic heterocycles. The van der Waals surface area contributed by atoms with Crippen molar-refractivity contribution in [3.63, 3.8) is 0 Å². The molecule has 0 saturated heterocycles. The molecule has 0 N–H and O–H groups in total. The lowest BCUT2D eigenvalue weighted by Crippen LogP contribution is -2.53. The van der Waals surface area contributed by atoms with E-state index in [9.17, 15) is 9.59 Å². The number of hydrogen-bond acceptors (Lipinski definition) is 6. The monoisotopic (exact) mass is 458 g/mol. The lowest BCUT2D eigenvalue weighted by atomic mass is 9.72. The Morgan fingerprint density at radius 1 is 0.969 bits per heavy atom. The van der Waals surface area contributed by atoms with Crippen molar-refractivity contribution >= 4 is 23.5 Å². The third-order valence-electron chi connectivity index (χ3n) is 5.34. The van der Waals surface area contributed by atoms with Crippen molar-refractivity contribution in [2.45, 2.75) is 77.9 Å². The summed E-state index contributed by atoms with van der Waals surface area (Å²) in [6.07, 6.45) is 5.46. The first-order valence-electron chi connectivity index (χ1n) is 10.8. The molecular formula is C25H31ClN2O4. The van der Waals surface area contributed by atoms with Crippen LogP contribution in [-0.4, -0.2) is 27.5 Å². The van der Waals surface area contributed by atoms with Crippen molar-refractivity contribution in [2.24, 2.45) is 5.41 Å². The van der Waals surface area contributed by atoms with Crippen LogP contribution < -0.4 is 0 Å². The summed E-state index contributed by atoms with van der Waals surface area (Å²) in [5.41, 5.74) is -1.15. The van der Waals surface area contributed by atoms with Crippen molar-refractivity contribution in [1.82, 2.24) is 9.97 Å². The molecule has 1 aliphatic rings. The first-order valence-corrected chi connectivity index (χ1v) is 11.2. The van der Waals surface area contributed by atoms with Gasteiger partial charge in [-0.1, -0.05) is 38.4 Å². The molecule has 1 fully saturated rings. The predicted molar refractivity (Wildman–Crippen MR) is 122 cm³/mol. The maximum Gasteiger partial charge on any atom is 0.356 e. The highest BCUT2D eigenvalue weighted by molar-refractivity contribution is 6.29. The minimum atomic E-state index is -1.71. The summed E-state index contributed by atoms with van der Waals surface area (Å²) in [4.78, 5) is 35.3. The lowest BCUT2D eigenvalue weighted by Gasteiger charge is -2.42. The van der Waals surface area contributed by atoms with Gasteiger partial charge in [-0.2, -0.15) is 0 Å². The van der Waals surface area contributed by atoms with Crippen LogP contribution in [0.5, 0.6) is 0 Å². The SMILES string of the molecule is CC(C)(C)OC(=O)C(OC(=O)Cc1ccc(C2CC2)nc1)(c1ccc(Cl)nc1)C(C)(C)C. The van der Waals surface area contributed by atoms with Crippen molar-refractivity contribution in [2.75, 3.05) is 0 Å². The Labute approximate surface area is 194 Å². The molecule has 2 heterocycles. The average Bonchev–Trinajstić information content (AvgIpc) is 3.50. The van der Waals surface area contributed by atoms with Crippen LogP contribution in [0, 0.1) is 5.41 Å². The smallest absolute Gasteiger partial charge is 0.356 e. The Morgan fingerprint density at radius 2 is 1.66 bits per heavy atom. The number of ether oxygens (including phenoxy) is 2. The van der Waals surface area contributed by atoms with E-state index in [-0.39, 0.29) is 11.6 Å². The second-order valence-corrected chi connectivity index (χ2v) is 10.7. The summed E-state index contributed by atoms with van der Waals surface area (Å²) >= 11 is 5.97. The molecule has 6 nitrogen and oxygen atoms in total. The fourth-order valence-corrected chi connectivity index (χ4v) is 3.69. The minimum Gasteiger partial charge on any atom is -0.457 e. The van der Waals surface area contributed by atoms with E-state index >= 15 is 0 Å². The van der Waals surface area contributed by atoms with Gasteiger partial charge in [-0.25, -0.2) is 9.78 Å². The second-order valence-electron chi connectivity index (χ2n) is 10.3. The average molecular weight is 459 g/mol. The van der Waals surface area contributed by atoms with Crippen molar-refractivity contribution in [3.05, 3.63) is 58.6 Å². The van der Waals surface area contributed by atoms with Crippen LogP contribution in [0.25, 0.3) is 0 Å². The molecular weight excluding hydrogens is 428 g/mol. The normalized spacial score (nSPS) is 16.2. The van der Waals surface area contributed by atoms with E-state index in [0.717, 1.165) is 24.1 Å². The van der Waals surface area contributed by atoms with E-state index in [1.165, 1.54) is 6.20 Å². The number of rotatable bonds is 6. The summed E-state index contributed by atoms with van der Waals surface area (Å²) in [6, 6.07) is 7.05. The summed E-state index contributed by atoms with van der Waals surface area (Å²) in [5.74, 6) is -0.673. The van der Waals surface area contributed by atoms with Gasteiger partial charge < -0.3 is 9.47 Å². The number of pyridine rings is 2. The van der Waals surface area contributed by atoms with Gasteiger partial charge in [0.25, 0.3) is 0 Å². The van der Waals surface area contributed by atoms with E-state index in [4.69, 9.17) is 21.1 Å². The third-order valence-corrected chi connectivity index (χ3v) is 5.56. The fourth-order valence-electron chi connectivity index (χ4n) is 3.58. The van der Waals surface area contributed by atoms with E-state index in [2.05, 4.69) is 9.97 Å². The van der Waals surface area contributed by atoms with Gasteiger partial charge in [0.15, 0.2) is 0 Å². The molecule has 2 aromatic rings. The first-order chi connectivity index (χ1) is 14.8. The van der Waals surface area contributed by atoms with Crippen molar-refractivity contribution in [3.8, 4) is 0 Å². The Morgan fingerprint density at radius 3 is 2.12 bits per heavy atom. The van der Waals surface area contributed by atoms with Gasteiger partial charge in [0.1, 0.15) is 10.8 Å². The fraction of sp³-hybridized carbons (Fsp3) is 0.520.